The van der Waals surface area contributed by atoms with E-state index in [0.29, 0.717) is 18.1 Å². The lowest BCUT2D eigenvalue weighted by Gasteiger charge is -2.03. The Morgan fingerprint density at radius 2 is 2.06 bits per heavy atom. The molecule has 0 bridgehead atoms. The SMILES string of the molecule is CCC(=O)c1cc2cc(C(C)C)ccc2o1. The third-order valence-electron chi connectivity index (χ3n) is 2.80. The monoisotopic (exact) mass is 216 g/mol. The van der Waals surface area contributed by atoms with E-state index in [-0.39, 0.29) is 5.78 Å². The van der Waals surface area contributed by atoms with Crippen molar-refractivity contribution < 1.29 is 9.21 Å². The number of carbonyl (C=O) groups is 1. The van der Waals surface area contributed by atoms with Crippen LogP contribution in [0, 0.1) is 0 Å². The Bertz CT molecular complexity index is 521. The van der Waals surface area contributed by atoms with Crippen LogP contribution in [-0.4, -0.2) is 5.78 Å². The molecule has 16 heavy (non-hydrogen) atoms. The van der Waals surface area contributed by atoms with Crippen molar-refractivity contribution in [3.05, 3.63) is 35.6 Å². The van der Waals surface area contributed by atoms with Gasteiger partial charge < -0.3 is 4.42 Å². The van der Waals surface area contributed by atoms with Crippen molar-refractivity contribution in [1.29, 1.82) is 0 Å². The number of ketones is 1. The third kappa shape index (κ3) is 1.87. The van der Waals surface area contributed by atoms with Crippen LogP contribution in [0.15, 0.2) is 28.7 Å². The second-order valence-corrected chi connectivity index (χ2v) is 4.34. The maximum Gasteiger partial charge on any atom is 0.197 e. The first kappa shape index (κ1) is 10.9. The Morgan fingerprint density at radius 3 is 2.69 bits per heavy atom. The van der Waals surface area contributed by atoms with E-state index < -0.39 is 0 Å². The van der Waals surface area contributed by atoms with Gasteiger partial charge in [-0.25, -0.2) is 0 Å². The second kappa shape index (κ2) is 4.12. The van der Waals surface area contributed by atoms with Gasteiger partial charge in [-0.05, 0) is 29.7 Å². The minimum absolute atomic E-state index is 0.0577. The Hall–Kier alpha value is -1.57. The number of fused-ring (bicyclic) bond motifs is 1. The molecule has 0 saturated carbocycles. The fourth-order valence-electron chi connectivity index (χ4n) is 1.73. The molecule has 0 spiro atoms. The molecule has 0 amide bonds. The van der Waals surface area contributed by atoms with Crippen LogP contribution in [0.25, 0.3) is 11.0 Å². The van der Waals surface area contributed by atoms with E-state index in [1.54, 1.807) is 0 Å². The van der Waals surface area contributed by atoms with Crippen molar-refractivity contribution in [3.63, 3.8) is 0 Å². The summed E-state index contributed by atoms with van der Waals surface area (Å²) in [6.45, 7) is 6.15. The predicted molar refractivity (Wildman–Crippen MR) is 64.9 cm³/mol. The smallest absolute Gasteiger partial charge is 0.197 e. The van der Waals surface area contributed by atoms with Gasteiger partial charge in [-0.2, -0.15) is 0 Å². The molecule has 0 saturated heterocycles. The molecule has 84 valence electrons. The van der Waals surface area contributed by atoms with Crippen LogP contribution in [0.3, 0.4) is 0 Å². The van der Waals surface area contributed by atoms with Crippen molar-refractivity contribution >= 4 is 16.8 Å². The van der Waals surface area contributed by atoms with Gasteiger partial charge in [0.05, 0.1) is 0 Å². The standard InChI is InChI=1S/C14H16O2/c1-4-12(15)14-8-11-7-10(9(2)3)5-6-13(11)16-14/h5-9H,4H2,1-3H3. The fraction of sp³-hybridized carbons (Fsp3) is 0.357. The average Bonchev–Trinajstić information content (AvgIpc) is 2.70. The van der Waals surface area contributed by atoms with E-state index in [2.05, 4.69) is 26.0 Å². The molecule has 2 rings (SSSR count). The quantitative estimate of drug-likeness (QED) is 0.721. The third-order valence-corrected chi connectivity index (χ3v) is 2.80. The Kier molecular flexibility index (Phi) is 2.82. The number of benzene rings is 1. The van der Waals surface area contributed by atoms with Crippen molar-refractivity contribution in [1.82, 2.24) is 0 Å². The number of hydrogen-bond donors (Lipinski definition) is 0. The molecule has 0 radical (unpaired) electrons. The zero-order valence-electron chi connectivity index (χ0n) is 9.91. The van der Waals surface area contributed by atoms with Crippen LogP contribution >= 0.6 is 0 Å². The molecule has 0 atom stereocenters. The highest BCUT2D eigenvalue weighted by molar-refractivity contribution is 5.97. The van der Waals surface area contributed by atoms with Gasteiger partial charge in [0.15, 0.2) is 11.5 Å². The summed E-state index contributed by atoms with van der Waals surface area (Å²) in [5.74, 6) is 1.02. The molecule has 1 aromatic heterocycles. The zero-order chi connectivity index (χ0) is 11.7. The summed E-state index contributed by atoms with van der Waals surface area (Å²) in [6.07, 6.45) is 0.483. The highest BCUT2D eigenvalue weighted by atomic mass is 16.3. The molecule has 0 aliphatic rings. The molecule has 1 heterocycles. The van der Waals surface area contributed by atoms with Gasteiger partial charge in [0, 0.05) is 11.8 Å². The number of hydrogen-bond acceptors (Lipinski definition) is 2. The van der Waals surface area contributed by atoms with Crippen LogP contribution < -0.4 is 0 Å². The fourth-order valence-corrected chi connectivity index (χ4v) is 1.73. The molecule has 2 aromatic rings. The highest BCUT2D eigenvalue weighted by Crippen LogP contribution is 2.24. The van der Waals surface area contributed by atoms with Crippen LogP contribution in [0.5, 0.6) is 0 Å². The van der Waals surface area contributed by atoms with Crippen LogP contribution in [0.1, 0.15) is 49.2 Å². The van der Waals surface area contributed by atoms with Gasteiger partial charge in [0.25, 0.3) is 0 Å². The normalized spacial score (nSPS) is 11.2. The molecule has 2 heteroatoms. The summed E-state index contributed by atoms with van der Waals surface area (Å²) >= 11 is 0. The van der Waals surface area contributed by atoms with E-state index in [1.165, 1.54) is 5.56 Å². The molecule has 0 N–H and O–H groups in total. The average molecular weight is 216 g/mol. The maximum atomic E-state index is 11.5. The molecular weight excluding hydrogens is 200 g/mol. The highest BCUT2D eigenvalue weighted by Gasteiger charge is 2.11. The number of furan rings is 1. The Morgan fingerprint density at radius 1 is 1.31 bits per heavy atom. The first-order chi connectivity index (χ1) is 7.61. The largest absolute Gasteiger partial charge is 0.453 e. The molecule has 0 aliphatic heterocycles. The minimum Gasteiger partial charge on any atom is -0.453 e. The molecule has 0 unspecified atom stereocenters. The molecule has 1 aromatic carbocycles. The Balaban J connectivity index is 2.50. The van der Waals surface area contributed by atoms with Gasteiger partial charge in [-0.3, -0.25) is 4.79 Å². The second-order valence-electron chi connectivity index (χ2n) is 4.34. The molecule has 2 nitrogen and oxygen atoms in total. The van der Waals surface area contributed by atoms with E-state index in [0.717, 1.165) is 11.0 Å². The molecule has 0 fully saturated rings. The van der Waals surface area contributed by atoms with Gasteiger partial charge >= 0.3 is 0 Å². The lowest BCUT2D eigenvalue weighted by atomic mass is 10.0. The Labute approximate surface area is 95.3 Å². The van der Waals surface area contributed by atoms with Gasteiger partial charge in [-0.1, -0.05) is 26.8 Å². The van der Waals surface area contributed by atoms with E-state index in [4.69, 9.17) is 4.42 Å². The van der Waals surface area contributed by atoms with E-state index in [9.17, 15) is 4.79 Å². The van der Waals surface area contributed by atoms with Crippen molar-refractivity contribution in [2.75, 3.05) is 0 Å². The van der Waals surface area contributed by atoms with Crippen LogP contribution in [0.4, 0.5) is 0 Å². The summed E-state index contributed by atoms with van der Waals surface area (Å²) in [5, 5.41) is 1.02. The van der Waals surface area contributed by atoms with Crippen LogP contribution in [0.2, 0.25) is 0 Å². The summed E-state index contributed by atoms with van der Waals surface area (Å²) in [4.78, 5) is 11.5. The van der Waals surface area contributed by atoms with Gasteiger partial charge in [0.2, 0.25) is 0 Å². The summed E-state index contributed by atoms with van der Waals surface area (Å²) in [7, 11) is 0. The van der Waals surface area contributed by atoms with Gasteiger partial charge in [-0.15, -0.1) is 0 Å². The summed E-state index contributed by atoms with van der Waals surface area (Å²) < 4.78 is 5.51. The molecular formula is C14H16O2. The predicted octanol–water partition coefficient (Wildman–Crippen LogP) is 4.15. The lowest BCUT2D eigenvalue weighted by molar-refractivity contribution is 0.0963. The molecule has 0 aliphatic carbocycles. The van der Waals surface area contributed by atoms with Crippen molar-refractivity contribution in [3.8, 4) is 0 Å². The number of rotatable bonds is 3. The van der Waals surface area contributed by atoms with E-state index in [1.807, 2.05) is 19.1 Å². The topological polar surface area (TPSA) is 30.2 Å². The summed E-state index contributed by atoms with van der Waals surface area (Å²) in [5.41, 5.74) is 2.06. The van der Waals surface area contributed by atoms with Gasteiger partial charge in [0.1, 0.15) is 5.58 Å². The number of carbonyl (C=O) groups excluding carboxylic acids is 1. The van der Waals surface area contributed by atoms with Crippen LogP contribution in [-0.2, 0) is 0 Å². The lowest BCUT2D eigenvalue weighted by Crippen LogP contribution is -1.92. The minimum atomic E-state index is 0.0577. The van der Waals surface area contributed by atoms with Crippen molar-refractivity contribution in [2.24, 2.45) is 0 Å². The summed E-state index contributed by atoms with van der Waals surface area (Å²) in [6, 6.07) is 7.93. The van der Waals surface area contributed by atoms with E-state index >= 15 is 0 Å². The maximum absolute atomic E-state index is 11.5. The zero-order valence-corrected chi connectivity index (χ0v) is 9.91. The first-order valence-corrected chi connectivity index (χ1v) is 5.68. The van der Waals surface area contributed by atoms with Crippen molar-refractivity contribution in [2.45, 2.75) is 33.1 Å². The first-order valence-electron chi connectivity index (χ1n) is 5.68. The number of Topliss-reactive ketones (excluding diaryl/α,β-unsaturated/α-hetero) is 1.